The van der Waals surface area contributed by atoms with Crippen LogP contribution in [0.4, 0.5) is 5.13 Å². The minimum Gasteiger partial charge on any atom is -0.488 e. The van der Waals surface area contributed by atoms with E-state index in [0.29, 0.717) is 26.5 Å². The van der Waals surface area contributed by atoms with E-state index in [2.05, 4.69) is 10.3 Å². The summed E-state index contributed by atoms with van der Waals surface area (Å²) in [5.74, 6) is 0.195. The van der Waals surface area contributed by atoms with Gasteiger partial charge in [-0.1, -0.05) is 41.4 Å². The number of nitrogens with one attached hydrogen (secondary N) is 1. The zero-order valence-corrected chi connectivity index (χ0v) is 14.7. The van der Waals surface area contributed by atoms with E-state index in [-0.39, 0.29) is 12.5 Å². The summed E-state index contributed by atoms with van der Waals surface area (Å²) in [6, 6.07) is 12.2. The van der Waals surface area contributed by atoms with Crippen molar-refractivity contribution in [2.75, 3.05) is 5.32 Å². The molecule has 0 unspecified atom stereocenters. The number of halogens is 2. The number of amides is 1. The smallest absolute Gasteiger partial charge is 0.261 e. The number of ether oxygens (including phenoxy) is 1. The first-order valence-electron chi connectivity index (χ1n) is 7.00. The fourth-order valence-electron chi connectivity index (χ4n) is 2.02. The van der Waals surface area contributed by atoms with Gasteiger partial charge in [0.05, 0.1) is 5.56 Å². The maximum Gasteiger partial charge on any atom is 0.261 e. The largest absolute Gasteiger partial charge is 0.488 e. The molecule has 0 atom stereocenters. The predicted octanol–water partition coefficient (Wildman–Crippen LogP) is 5.28. The molecule has 3 rings (SSSR count). The summed E-state index contributed by atoms with van der Waals surface area (Å²) in [5, 5.41) is 6.15. The van der Waals surface area contributed by atoms with Crippen molar-refractivity contribution < 1.29 is 9.53 Å². The number of hydrogen-bond donors (Lipinski definition) is 1. The van der Waals surface area contributed by atoms with E-state index >= 15 is 0 Å². The first-order valence-corrected chi connectivity index (χ1v) is 8.63. The zero-order chi connectivity index (χ0) is 16.9. The van der Waals surface area contributed by atoms with Gasteiger partial charge in [0, 0.05) is 27.2 Å². The van der Waals surface area contributed by atoms with E-state index in [1.165, 1.54) is 11.3 Å². The van der Waals surface area contributed by atoms with Crippen molar-refractivity contribution in [3.8, 4) is 5.75 Å². The van der Waals surface area contributed by atoms with E-state index in [9.17, 15) is 4.79 Å². The second kappa shape index (κ2) is 7.66. The van der Waals surface area contributed by atoms with Crippen molar-refractivity contribution >= 4 is 45.6 Å². The van der Waals surface area contributed by atoms with Crippen LogP contribution >= 0.6 is 34.5 Å². The number of carbonyl (C=O) groups is 1. The molecule has 1 heterocycles. The maximum absolute atomic E-state index is 12.4. The first-order chi connectivity index (χ1) is 11.6. The van der Waals surface area contributed by atoms with Gasteiger partial charge < -0.3 is 4.74 Å². The average Bonchev–Trinajstić information content (AvgIpc) is 3.07. The van der Waals surface area contributed by atoms with Gasteiger partial charge in [-0.25, -0.2) is 4.98 Å². The molecule has 0 fully saturated rings. The lowest BCUT2D eigenvalue weighted by Gasteiger charge is -2.12. The zero-order valence-electron chi connectivity index (χ0n) is 12.3. The first kappa shape index (κ1) is 16.8. The summed E-state index contributed by atoms with van der Waals surface area (Å²) in [4.78, 5) is 16.4. The number of para-hydroxylation sites is 1. The van der Waals surface area contributed by atoms with Gasteiger partial charge in [0.25, 0.3) is 5.91 Å². The minimum atomic E-state index is -0.275. The number of anilines is 1. The van der Waals surface area contributed by atoms with E-state index < -0.39 is 0 Å². The second-order valence-corrected chi connectivity index (χ2v) is 6.55. The van der Waals surface area contributed by atoms with Crippen LogP contribution in [0.15, 0.2) is 54.0 Å². The highest BCUT2D eigenvalue weighted by Gasteiger charge is 2.14. The summed E-state index contributed by atoms with van der Waals surface area (Å²) in [6.45, 7) is 0.234. The Balaban J connectivity index is 1.75. The third kappa shape index (κ3) is 4.06. The van der Waals surface area contributed by atoms with Gasteiger partial charge in [-0.15, -0.1) is 11.3 Å². The van der Waals surface area contributed by atoms with Crippen molar-refractivity contribution in [2.45, 2.75) is 6.61 Å². The molecule has 1 N–H and O–H groups in total. The van der Waals surface area contributed by atoms with Crippen molar-refractivity contribution in [1.82, 2.24) is 4.98 Å². The van der Waals surface area contributed by atoms with Crippen molar-refractivity contribution in [3.05, 3.63) is 75.2 Å². The van der Waals surface area contributed by atoms with Crippen LogP contribution in [0.25, 0.3) is 0 Å². The molecular formula is C17H12Cl2N2O2S. The number of nitrogens with zero attached hydrogens (tertiary/aromatic N) is 1. The second-order valence-electron chi connectivity index (χ2n) is 4.81. The molecule has 0 aliphatic rings. The Kier molecular flexibility index (Phi) is 5.35. The van der Waals surface area contributed by atoms with Crippen LogP contribution in [0.1, 0.15) is 15.9 Å². The van der Waals surface area contributed by atoms with Gasteiger partial charge in [-0.3, -0.25) is 10.1 Å². The lowest BCUT2D eigenvalue weighted by Crippen LogP contribution is -2.13. The van der Waals surface area contributed by atoms with Gasteiger partial charge in [-0.05, 0) is 24.3 Å². The Bertz CT molecular complexity index is 854. The molecule has 3 aromatic rings. The van der Waals surface area contributed by atoms with Crippen molar-refractivity contribution in [3.63, 3.8) is 0 Å². The lowest BCUT2D eigenvalue weighted by atomic mass is 10.2. The molecule has 0 radical (unpaired) electrons. The van der Waals surface area contributed by atoms with E-state index in [1.807, 2.05) is 0 Å². The van der Waals surface area contributed by atoms with Crippen LogP contribution in [-0.2, 0) is 6.61 Å². The fourth-order valence-corrected chi connectivity index (χ4v) is 3.01. The Hall–Kier alpha value is -2.08. The van der Waals surface area contributed by atoms with Crippen molar-refractivity contribution in [2.24, 2.45) is 0 Å². The Morgan fingerprint density at radius 3 is 2.79 bits per heavy atom. The van der Waals surface area contributed by atoms with Gasteiger partial charge in [0.15, 0.2) is 5.13 Å². The molecule has 1 aromatic heterocycles. The number of benzene rings is 2. The molecule has 0 aliphatic carbocycles. The summed E-state index contributed by atoms with van der Waals surface area (Å²) in [7, 11) is 0. The topological polar surface area (TPSA) is 51.2 Å². The fraction of sp³-hybridized carbons (Fsp3) is 0.0588. The van der Waals surface area contributed by atoms with Crippen LogP contribution in [0.3, 0.4) is 0 Å². The summed E-state index contributed by atoms with van der Waals surface area (Å²) >= 11 is 13.4. The van der Waals surface area contributed by atoms with E-state index in [0.717, 1.165) is 5.56 Å². The minimum absolute atomic E-state index is 0.234. The van der Waals surface area contributed by atoms with Gasteiger partial charge >= 0.3 is 0 Å². The highest BCUT2D eigenvalue weighted by atomic mass is 35.5. The Morgan fingerprint density at radius 2 is 2.04 bits per heavy atom. The third-order valence-corrected chi connectivity index (χ3v) is 4.46. The SMILES string of the molecule is O=C(Nc1nccs1)c1ccccc1OCc1ccc(Cl)cc1Cl. The van der Waals surface area contributed by atoms with Crippen LogP contribution in [0, 0.1) is 0 Å². The average molecular weight is 379 g/mol. The molecule has 0 aliphatic heterocycles. The molecule has 2 aromatic carbocycles. The quantitative estimate of drug-likeness (QED) is 0.656. The number of aromatic nitrogens is 1. The summed E-state index contributed by atoms with van der Waals surface area (Å²) in [6.07, 6.45) is 1.63. The maximum atomic E-state index is 12.4. The molecule has 0 saturated carbocycles. The molecular weight excluding hydrogens is 367 g/mol. The van der Waals surface area contributed by atoms with Crippen LogP contribution in [-0.4, -0.2) is 10.9 Å². The molecule has 4 nitrogen and oxygen atoms in total. The van der Waals surface area contributed by atoms with Gasteiger partial charge in [-0.2, -0.15) is 0 Å². The van der Waals surface area contributed by atoms with Crippen LogP contribution in [0.5, 0.6) is 5.75 Å². The van der Waals surface area contributed by atoms with Crippen molar-refractivity contribution in [1.29, 1.82) is 0 Å². The summed E-state index contributed by atoms with van der Waals surface area (Å²) in [5.41, 5.74) is 1.22. The number of rotatable bonds is 5. The van der Waals surface area contributed by atoms with E-state index in [4.69, 9.17) is 27.9 Å². The van der Waals surface area contributed by atoms with Crippen LogP contribution in [0.2, 0.25) is 10.0 Å². The normalized spacial score (nSPS) is 10.4. The molecule has 1 amide bonds. The Labute approximate surface area is 153 Å². The molecule has 0 spiro atoms. The van der Waals surface area contributed by atoms with Gasteiger partial charge in [0.1, 0.15) is 12.4 Å². The predicted molar refractivity (Wildman–Crippen MR) is 97.3 cm³/mol. The highest BCUT2D eigenvalue weighted by Crippen LogP contribution is 2.25. The standard InChI is InChI=1S/C17H12Cl2N2O2S/c18-12-6-5-11(14(19)9-12)10-23-15-4-2-1-3-13(15)16(22)21-17-20-7-8-24-17/h1-9H,10H2,(H,20,21,22). The van der Waals surface area contributed by atoms with E-state index in [1.54, 1.807) is 54.0 Å². The lowest BCUT2D eigenvalue weighted by molar-refractivity contribution is 0.102. The molecule has 7 heteroatoms. The number of hydrogen-bond acceptors (Lipinski definition) is 4. The highest BCUT2D eigenvalue weighted by molar-refractivity contribution is 7.13. The van der Waals surface area contributed by atoms with Gasteiger partial charge in [0.2, 0.25) is 0 Å². The Morgan fingerprint density at radius 1 is 1.21 bits per heavy atom. The molecule has 0 saturated heterocycles. The number of thiazole rings is 1. The number of carbonyl (C=O) groups excluding carboxylic acids is 1. The molecule has 0 bridgehead atoms. The third-order valence-electron chi connectivity index (χ3n) is 3.18. The van der Waals surface area contributed by atoms with Crippen LogP contribution < -0.4 is 10.1 Å². The summed E-state index contributed by atoms with van der Waals surface area (Å²) < 4.78 is 5.78. The molecule has 122 valence electrons. The monoisotopic (exact) mass is 378 g/mol. The molecule has 24 heavy (non-hydrogen) atoms.